The van der Waals surface area contributed by atoms with Crippen LogP contribution >= 0.6 is 0 Å². The van der Waals surface area contributed by atoms with Crippen LogP contribution in [0.1, 0.15) is 28.4 Å². The molecule has 0 aromatic heterocycles. The van der Waals surface area contributed by atoms with Crippen LogP contribution in [0.4, 0.5) is 0 Å². The van der Waals surface area contributed by atoms with E-state index in [1.54, 1.807) is 36.4 Å². The average molecular weight is 302 g/mol. The SMILES string of the molecule is Cc1ccc(C(=O)C(C)S(=O)(=O)Cc2ccccc2)cc1. The maximum atomic E-state index is 12.4. The van der Waals surface area contributed by atoms with Crippen LogP contribution in [0.2, 0.25) is 0 Å². The molecule has 0 radical (unpaired) electrons. The molecule has 110 valence electrons. The molecule has 1 unspecified atom stereocenters. The van der Waals surface area contributed by atoms with E-state index in [0.29, 0.717) is 11.1 Å². The van der Waals surface area contributed by atoms with Gasteiger partial charge in [0.1, 0.15) is 5.25 Å². The summed E-state index contributed by atoms with van der Waals surface area (Å²) < 4.78 is 24.7. The molecule has 0 fully saturated rings. The van der Waals surface area contributed by atoms with Gasteiger partial charge in [-0.25, -0.2) is 8.42 Å². The zero-order chi connectivity index (χ0) is 15.5. The Hall–Kier alpha value is -1.94. The van der Waals surface area contributed by atoms with Gasteiger partial charge in [-0.1, -0.05) is 60.2 Å². The van der Waals surface area contributed by atoms with Gasteiger partial charge in [-0.15, -0.1) is 0 Å². The van der Waals surface area contributed by atoms with E-state index >= 15 is 0 Å². The highest BCUT2D eigenvalue weighted by atomic mass is 32.2. The Balaban J connectivity index is 2.19. The van der Waals surface area contributed by atoms with Crippen molar-refractivity contribution in [1.29, 1.82) is 0 Å². The number of carbonyl (C=O) groups is 1. The summed E-state index contributed by atoms with van der Waals surface area (Å²) >= 11 is 0. The van der Waals surface area contributed by atoms with Gasteiger partial charge >= 0.3 is 0 Å². The second kappa shape index (κ2) is 6.22. The van der Waals surface area contributed by atoms with Gasteiger partial charge in [0, 0.05) is 5.56 Å². The maximum Gasteiger partial charge on any atom is 0.180 e. The summed E-state index contributed by atoms with van der Waals surface area (Å²) in [7, 11) is -3.52. The molecule has 0 aliphatic rings. The second-order valence-corrected chi connectivity index (χ2v) is 7.49. The van der Waals surface area contributed by atoms with Crippen molar-refractivity contribution < 1.29 is 13.2 Å². The van der Waals surface area contributed by atoms with E-state index in [2.05, 4.69) is 0 Å². The van der Waals surface area contributed by atoms with Crippen molar-refractivity contribution in [1.82, 2.24) is 0 Å². The fourth-order valence-corrected chi connectivity index (χ4v) is 3.42. The first-order chi connectivity index (χ1) is 9.90. The summed E-state index contributed by atoms with van der Waals surface area (Å²) in [6, 6.07) is 15.9. The zero-order valence-electron chi connectivity index (χ0n) is 12.1. The Morgan fingerprint density at radius 3 is 2.14 bits per heavy atom. The zero-order valence-corrected chi connectivity index (χ0v) is 12.9. The molecule has 2 aromatic rings. The predicted octanol–water partition coefficient (Wildman–Crippen LogP) is 3.18. The second-order valence-electron chi connectivity index (χ2n) is 5.17. The lowest BCUT2D eigenvalue weighted by molar-refractivity contribution is 0.0991. The van der Waals surface area contributed by atoms with E-state index in [4.69, 9.17) is 0 Å². The first-order valence-electron chi connectivity index (χ1n) is 6.76. The highest BCUT2D eigenvalue weighted by Gasteiger charge is 2.28. The Labute approximate surface area is 125 Å². The summed E-state index contributed by atoms with van der Waals surface area (Å²) in [6.07, 6.45) is 0. The smallest absolute Gasteiger partial charge is 0.180 e. The van der Waals surface area contributed by atoms with Crippen LogP contribution in [-0.2, 0) is 15.6 Å². The van der Waals surface area contributed by atoms with Crippen LogP contribution in [0.5, 0.6) is 0 Å². The molecule has 0 amide bonds. The normalized spacial score (nSPS) is 12.9. The number of aryl methyl sites for hydroxylation is 1. The molecule has 0 aliphatic carbocycles. The molecule has 0 bridgehead atoms. The lowest BCUT2D eigenvalue weighted by Crippen LogP contribution is -2.28. The van der Waals surface area contributed by atoms with Crippen LogP contribution in [-0.4, -0.2) is 19.5 Å². The van der Waals surface area contributed by atoms with Gasteiger partial charge in [0.2, 0.25) is 0 Å². The van der Waals surface area contributed by atoms with Crippen molar-refractivity contribution in [3.8, 4) is 0 Å². The topological polar surface area (TPSA) is 51.2 Å². The Morgan fingerprint density at radius 2 is 1.57 bits per heavy atom. The van der Waals surface area contributed by atoms with E-state index < -0.39 is 15.1 Å². The molecule has 3 nitrogen and oxygen atoms in total. The molecule has 2 aromatic carbocycles. The van der Waals surface area contributed by atoms with Crippen molar-refractivity contribution in [3.05, 3.63) is 71.3 Å². The standard InChI is InChI=1S/C17H18O3S/c1-13-8-10-16(11-9-13)17(18)14(2)21(19,20)12-15-6-4-3-5-7-15/h3-11,14H,12H2,1-2H3. The number of benzene rings is 2. The van der Waals surface area contributed by atoms with Gasteiger partial charge in [0.15, 0.2) is 15.6 Å². The molecule has 0 spiro atoms. The third-order valence-corrected chi connectivity index (χ3v) is 5.48. The number of carbonyl (C=O) groups excluding carboxylic acids is 1. The molecule has 0 aliphatic heterocycles. The predicted molar refractivity (Wildman–Crippen MR) is 84.0 cm³/mol. The lowest BCUT2D eigenvalue weighted by Gasteiger charge is -2.12. The summed E-state index contributed by atoms with van der Waals surface area (Å²) in [5, 5.41) is -1.04. The van der Waals surface area contributed by atoms with Crippen LogP contribution in [0.25, 0.3) is 0 Å². The van der Waals surface area contributed by atoms with Gasteiger partial charge in [-0.05, 0) is 19.4 Å². The van der Waals surface area contributed by atoms with Crippen molar-refractivity contribution in [2.75, 3.05) is 0 Å². The average Bonchev–Trinajstić information content (AvgIpc) is 2.47. The molecule has 0 heterocycles. The van der Waals surface area contributed by atoms with E-state index in [1.807, 2.05) is 25.1 Å². The monoisotopic (exact) mass is 302 g/mol. The molecule has 21 heavy (non-hydrogen) atoms. The number of ketones is 1. The molecule has 0 N–H and O–H groups in total. The third-order valence-electron chi connectivity index (χ3n) is 3.45. The minimum atomic E-state index is -3.52. The quantitative estimate of drug-likeness (QED) is 0.797. The first kappa shape index (κ1) is 15.4. The molecule has 1 atom stereocenters. The fraction of sp³-hybridized carbons (Fsp3) is 0.235. The van der Waals surface area contributed by atoms with Crippen molar-refractivity contribution in [3.63, 3.8) is 0 Å². The molecule has 0 saturated carbocycles. The Kier molecular flexibility index (Phi) is 4.58. The number of Topliss-reactive ketones (excluding diaryl/α,β-unsaturated/α-hetero) is 1. The van der Waals surface area contributed by atoms with Crippen molar-refractivity contribution in [2.24, 2.45) is 0 Å². The summed E-state index contributed by atoms with van der Waals surface area (Å²) in [5.74, 6) is -0.474. The van der Waals surface area contributed by atoms with Gasteiger partial charge < -0.3 is 0 Å². The number of hydrogen-bond acceptors (Lipinski definition) is 3. The molecule has 4 heteroatoms. The highest BCUT2D eigenvalue weighted by Crippen LogP contribution is 2.16. The number of rotatable bonds is 5. The highest BCUT2D eigenvalue weighted by molar-refractivity contribution is 7.92. The minimum Gasteiger partial charge on any atom is -0.293 e. The van der Waals surface area contributed by atoms with Gasteiger partial charge in [0.05, 0.1) is 5.75 Å². The lowest BCUT2D eigenvalue weighted by atomic mass is 10.1. The van der Waals surface area contributed by atoms with E-state index in [9.17, 15) is 13.2 Å². The Morgan fingerprint density at radius 1 is 1.00 bits per heavy atom. The summed E-state index contributed by atoms with van der Waals surface area (Å²) in [5.41, 5.74) is 2.16. The van der Waals surface area contributed by atoms with Gasteiger partial charge in [-0.3, -0.25) is 4.79 Å². The minimum absolute atomic E-state index is 0.118. The maximum absolute atomic E-state index is 12.4. The third kappa shape index (κ3) is 3.79. The summed E-state index contributed by atoms with van der Waals surface area (Å²) in [4.78, 5) is 12.3. The van der Waals surface area contributed by atoms with Crippen LogP contribution in [0.15, 0.2) is 54.6 Å². The number of hydrogen-bond donors (Lipinski definition) is 0. The summed E-state index contributed by atoms with van der Waals surface area (Å²) in [6.45, 7) is 3.38. The fourth-order valence-electron chi connectivity index (χ4n) is 2.05. The largest absolute Gasteiger partial charge is 0.293 e. The Bertz CT molecular complexity index is 716. The van der Waals surface area contributed by atoms with E-state index in [0.717, 1.165) is 5.56 Å². The van der Waals surface area contributed by atoms with Crippen LogP contribution in [0.3, 0.4) is 0 Å². The van der Waals surface area contributed by atoms with E-state index in [-0.39, 0.29) is 11.5 Å². The van der Waals surface area contributed by atoms with Gasteiger partial charge in [-0.2, -0.15) is 0 Å². The van der Waals surface area contributed by atoms with Crippen molar-refractivity contribution >= 4 is 15.6 Å². The molecular formula is C17H18O3S. The first-order valence-corrected chi connectivity index (χ1v) is 8.48. The van der Waals surface area contributed by atoms with Crippen molar-refractivity contribution in [2.45, 2.75) is 24.9 Å². The van der Waals surface area contributed by atoms with E-state index in [1.165, 1.54) is 6.92 Å². The molecule has 2 rings (SSSR count). The van der Waals surface area contributed by atoms with Crippen LogP contribution in [0, 0.1) is 6.92 Å². The molecular weight excluding hydrogens is 284 g/mol. The molecule has 0 saturated heterocycles. The number of sulfone groups is 1. The van der Waals surface area contributed by atoms with Gasteiger partial charge in [0.25, 0.3) is 0 Å². The van der Waals surface area contributed by atoms with Crippen LogP contribution < -0.4 is 0 Å².